The smallest absolute Gasteiger partial charge is 0.349 e. The van der Waals surface area contributed by atoms with Gasteiger partial charge < -0.3 is 24.4 Å². The normalized spacial score (nSPS) is 20.2. The van der Waals surface area contributed by atoms with Crippen LogP contribution in [0.25, 0.3) is 10.9 Å². The molecule has 4 aromatic rings. The van der Waals surface area contributed by atoms with Gasteiger partial charge in [-0.3, -0.25) is 24.0 Å². The Labute approximate surface area is 293 Å². The van der Waals surface area contributed by atoms with Crippen LogP contribution in [0, 0.1) is 11.6 Å². The third kappa shape index (κ3) is 6.64. The number of aromatic nitrogens is 3. The Morgan fingerprint density at radius 1 is 1.06 bits per heavy atom. The number of hydrogen-bond acceptors (Lipinski definition) is 11. The van der Waals surface area contributed by atoms with E-state index in [0.29, 0.717) is 49.7 Å². The number of nitrogens with zero attached hydrogens (tertiary/aromatic N) is 7. The minimum atomic E-state index is -1.38. The number of aromatic carboxylic acids is 1. The Morgan fingerprint density at radius 3 is 2.53 bits per heavy atom. The van der Waals surface area contributed by atoms with Crippen LogP contribution >= 0.6 is 11.8 Å². The van der Waals surface area contributed by atoms with Crippen LogP contribution in [0.5, 0.6) is 0 Å². The number of pyridine rings is 1. The van der Waals surface area contributed by atoms with Gasteiger partial charge in [0.2, 0.25) is 5.43 Å². The fourth-order valence-corrected chi connectivity index (χ4v) is 7.53. The number of ether oxygens (including phenoxy) is 1. The minimum Gasteiger partial charge on any atom is -0.477 e. The minimum absolute atomic E-state index is 0.00897. The number of carbonyl (C=O) groups excluding carboxylic acids is 1. The number of benzene rings is 2. The number of carboxylic acids is 1. The van der Waals surface area contributed by atoms with Crippen LogP contribution in [0.15, 0.2) is 63.4 Å². The molecule has 0 aliphatic carbocycles. The number of piperazine rings is 1. The summed E-state index contributed by atoms with van der Waals surface area (Å²) in [5, 5.41) is 18.7. The summed E-state index contributed by atoms with van der Waals surface area (Å²) in [6, 6.07) is 8.11. The number of halogens is 2. The van der Waals surface area contributed by atoms with E-state index in [1.54, 1.807) is 17.6 Å². The van der Waals surface area contributed by atoms with Crippen LogP contribution < -0.4 is 20.9 Å². The van der Waals surface area contributed by atoms with Crippen molar-refractivity contribution in [3.05, 3.63) is 92.3 Å². The molecule has 7 rings (SSSR count). The molecule has 2 fully saturated rings. The molecular weight excluding hydrogens is 688 g/mol. The Bertz CT molecular complexity index is 2200. The SMILES string of the molecule is CCn1cc(C(=O)O)c(=O)c2cc(F)c(N3CCN(CN4C(=O)C(=Nc5ccn(CC6CSC(CO)O6)c(=O)n5)c5cc(F)ccc54)CC3)cc21. The lowest BCUT2D eigenvalue weighted by Gasteiger charge is -2.38. The molecule has 2 aromatic heterocycles. The average molecular weight is 722 g/mol. The molecule has 0 spiro atoms. The summed E-state index contributed by atoms with van der Waals surface area (Å²) in [6.07, 6.45) is 2.50. The summed E-state index contributed by atoms with van der Waals surface area (Å²) in [5.41, 5.74) is -0.744. The van der Waals surface area contributed by atoms with Gasteiger partial charge >= 0.3 is 11.7 Å². The van der Waals surface area contributed by atoms with Gasteiger partial charge in [-0.1, -0.05) is 0 Å². The Balaban J connectivity index is 1.07. The molecule has 2 N–H and O–H groups in total. The summed E-state index contributed by atoms with van der Waals surface area (Å²) in [6.45, 7) is 4.07. The van der Waals surface area contributed by atoms with Gasteiger partial charge in [0.05, 0.1) is 42.8 Å². The van der Waals surface area contributed by atoms with E-state index in [2.05, 4.69) is 9.98 Å². The second-order valence-corrected chi connectivity index (χ2v) is 13.5. The molecule has 2 aromatic carbocycles. The number of amides is 1. The Kier molecular flexibility index (Phi) is 9.45. The molecule has 2 saturated heterocycles. The maximum absolute atomic E-state index is 15.4. The summed E-state index contributed by atoms with van der Waals surface area (Å²) >= 11 is 1.46. The van der Waals surface area contributed by atoms with Crippen molar-refractivity contribution in [2.24, 2.45) is 4.99 Å². The number of carboxylic acid groups (broad SMARTS) is 1. The first-order chi connectivity index (χ1) is 24.5. The van der Waals surface area contributed by atoms with Gasteiger partial charge in [0.25, 0.3) is 5.91 Å². The van der Waals surface area contributed by atoms with Crippen molar-refractivity contribution in [2.75, 3.05) is 55.0 Å². The molecule has 5 heterocycles. The number of rotatable bonds is 9. The first kappa shape index (κ1) is 34.5. The van der Waals surface area contributed by atoms with Gasteiger partial charge in [0.1, 0.15) is 28.3 Å². The van der Waals surface area contributed by atoms with Crippen LogP contribution in [0.1, 0.15) is 22.8 Å². The molecule has 0 radical (unpaired) electrons. The summed E-state index contributed by atoms with van der Waals surface area (Å²) in [5.74, 6) is -2.47. The van der Waals surface area contributed by atoms with Crippen LogP contribution in [-0.4, -0.2) is 104 Å². The van der Waals surface area contributed by atoms with Crippen molar-refractivity contribution in [3.63, 3.8) is 0 Å². The second kappa shape index (κ2) is 14.0. The van der Waals surface area contributed by atoms with Crippen LogP contribution in [0.2, 0.25) is 0 Å². The number of thioether (sulfide) groups is 1. The van der Waals surface area contributed by atoms with E-state index >= 15 is 4.39 Å². The molecule has 0 bridgehead atoms. The van der Waals surface area contributed by atoms with E-state index in [4.69, 9.17) is 4.74 Å². The molecule has 3 aliphatic heterocycles. The lowest BCUT2D eigenvalue weighted by molar-refractivity contribution is -0.112. The highest BCUT2D eigenvalue weighted by atomic mass is 32.2. The van der Waals surface area contributed by atoms with Gasteiger partial charge in [-0.15, -0.1) is 11.8 Å². The molecule has 51 heavy (non-hydrogen) atoms. The zero-order valence-electron chi connectivity index (χ0n) is 27.4. The van der Waals surface area contributed by atoms with Crippen molar-refractivity contribution < 1.29 is 33.3 Å². The zero-order valence-corrected chi connectivity index (χ0v) is 28.2. The van der Waals surface area contributed by atoms with Gasteiger partial charge in [-0.05, 0) is 43.3 Å². The fourth-order valence-electron chi connectivity index (χ4n) is 6.57. The molecular formula is C34H33F2N7O7S. The maximum atomic E-state index is 15.4. The standard InChI is InChI=1S/C34H33F2N7O7S/c1-2-40-15-23(33(47)48)31(45)22-12-24(36)27(13-26(22)40)41-9-7-39(8-10-41)18-43-25-4-3-19(35)11-21(25)30(32(43)46)37-28-5-6-42(34(49)38-28)14-20-17-51-29(16-44)50-20/h3-6,11-13,15,20,29,44H,2,7-10,14,16-18H2,1H3,(H,47,48). The predicted octanol–water partition coefficient (Wildman–Crippen LogP) is 2.25. The van der Waals surface area contributed by atoms with E-state index in [1.165, 1.54) is 57.9 Å². The number of aliphatic hydroxyl groups is 1. The molecule has 0 saturated carbocycles. The quantitative estimate of drug-likeness (QED) is 0.261. The van der Waals surface area contributed by atoms with Gasteiger partial charge in [0.15, 0.2) is 5.82 Å². The number of aliphatic hydroxyl groups excluding tert-OH is 1. The number of aliphatic imine (C=N–C) groups is 1. The molecule has 1 amide bonds. The van der Waals surface area contributed by atoms with E-state index in [9.17, 15) is 33.8 Å². The van der Waals surface area contributed by atoms with Crippen molar-refractivity contribution in [2.45, 2.75) is 31.6 Å². The largest absolute Gasteiger partial charge is 0.477 e. The molecule has 266 valence electrons. The number of fused-ring (bicyclic) bond motifs is 2. The van der Waals surface area contributed by atoms with Crippen molar-refractivity contribution in [1.29, 1.82) is 0 Å². The fraction of sp³-hybridized carbons (Fsp3) is 0.353. The molecule has 3 aliphatic rings. The zero-order chi connectivity index (χ0) is 36.0. The molecule has 2 unspecified atom stereocenters. The maximum Gasteiger partial charge on any atom is 0.349 e. The first-order valence-corrected chi connectivity index (χ1v) is 17.3. The van der Waals surface area contributed by atoms with E-state index in [0.717, 1.165) is 6.07 Å². The lowest BCUT2D eigenvalue weighted by atomic mass is 10.1. The number of aryl methyl sites for hydroxylation is 1. The second-order valence-electron chi connectivity index (χ2n) is 12.3. The van der Waals surface area contributed by atoms with Crippen molar-refractivity contribution in [1.82, 2.24) is 19.0 Å². The average Bonchev–Trinajstić information content (AvgIpc) is 3.67. The Morgan fingerprint density at radius 2 is 1.84 bits per heavy atom. The third-order valence-corrected chi connectivity index (χ3v) is 10.4. The highest BCUT2D eigenvalue weighted by Gasteiger charge is 2.36. The topological polar surface area (TPSA) is 163 Å². The number of carbonyl (C=O) groups is 2. The summed E-state index contributed by atoms with van der Waals surface area (Å²) in [7, 11) is 0. The van der Waals surface area contributed by atoms with Gasteiger partial charge in [0, 0.05) is 61.8 Å². The Hall–Kier alpha value is -4.97. The lowest BCUT2D eigenvalue weighted by Crippen LogP contribution is -2.51. The van der Waals surface area contributed by atoms with Gasteiger partial charge in [-0.2, -0.15) is 4.98 Å². The van der Waals surface area contributed by atoms with Gasteiger partial charge in [-0.25, -0.2) is 23.4 Å². The van der Waals surface area contributed by atoms with E-state index in [-0.39, 0.29) is 59.5 Å². The van der Waals surface area contributed by atoms with Crippen molar-refractivity contribution >= 4 is 57.4 Å². The summed E-state index contributed by atoms with van der Waals surface area (Å²) < 4.78 is 38.5. The van der Waals surface area contributed by atoms with E-state index < -0.39 is 40.2 Å². The highest BCUT2D eigenvalue weighted by Crippen LogP contribution is 2.32. The predicted molar refractivity (Wildman–Crippen MR) is 186 cm³/mol. The van der Waals surface area contributed by atoms with Crippen LogP contribution in [-0.2, 0) is 22.6 Å². The highest BCUT2D eigenvalue weighted by molar-refractivity contribution is 8.00. The van der Waals surface area contributed by atoms with Crippen LogP contribution in [0.3, 0.4) is 0 Å². The monoisotopic (exact) mass is 721 g/mol. The van der Waals surface area contributed by atoms with E-state index in [1.807, 2.05) is 9.80 Å². The number of anilines is 2. The third-order valence-electron chi connectivity index (χ3n) is 9.17. The summed E-state index contributed by atoms with van der Waals surface area (Å²) in [4.78, 5) is 64.7. The first-order valence-electron chi connectivity index (χ1n) is 16.3. The number of hydrogen-bond donors (Lipinski definition) is 2. The van der Waals surface area contributed by atoms with Crippen molar-refractivity contribution in [3.8, 4) is 0 Å². The molecule has 17 heteroatoms. The molecule has 2 atom stereocenters. The van der Waals surface area contributed by atoms with Crippen LogP contribution in [0.4, 0.5) is 26.0 Å². The molecule has 14 nitrogen and oxygen atoms in total.